The van der Waals surface area contributed by atoms with Crippen LogP contribution in [0.3, 0.4) is 0 Å². The second-order valence-electron chi connectivity index (χ2n) is 6.35. The Balaban J connectivity index is 1.62. The van der Waals surface area contributed by atoms with E-state index in [1.807, 2.05) is 36.4 Å². The molecule has 29 heavy (non-hydrogen) atoms. The zero-order valence-corrected chi connectivity index (χ0v) is 16.1. The van der Waals surface area contributed by atoms with Crippen molar-refractivity contribution in [2.24, 2.45) is 10.2 Å². The van der Waals surface area contributed by atoms with Gasteiger partial charge in [0.25, 0.3) is 0 Å². The minimum Gasteiger partial charge on any atom is -0.404 e. The molecule has 4 aromatic carbocycles. The molecule has 4 aromatic rings. The fourth-order valence-electron chi connectivity index (χ4n) is 2.98. The molecule has 0 heterocycles. The molecule has 0 spiro atoms. The molecule has 0 saturated carbocycles. The number of hydrogen-bond donors (Lipinski definition) is 2. The first kappa shape index (κ1) is 19.0. The molecule has 0 bridgehead atoms. The lowest BCUT2D eigenvalue weighted by atomic mass is 10.00. The van der Waals surface area contributed by atoms with Gasteiger partial charge >= 0.3 is 7.82 Å². The quantitative estimate of drug-likeness (QED) is 0.298. The van der Waals surface area contributed by atoms with Crippen molar-refractivity contribution in [3.63, 3.8) is 0 Å². The highest BCUT2D eigenvalue weighted by Crippen LogP contribution is 2.38. The van der Waals surface area contributed by atoms with Crippen LogP contribution in [0.2, 0.25) is 0 Å². The molecule has 0 unspecified atom stereocenters. The van der Waals surface area contributed by atoms with Gasteiger partial charge in [-0.2, -0.15) is 5.11 Å². The lowest BCUT2D eigenvalue weighted by molar-refractivity contribution is 0.283. The first-order valence-corrected chi connectivity index (χ1v) is 10.4. The molecule has 0 aromatic heterocycles. The molecular formula is C22H17N2O4P. The van der Waals surface area contributed by atoms with Gasteiger partial charge in [0.05, 0.1) is 11.4 Å². The number of azo groups is 1. The summed E-state index contributed by atoms with van der Waals surface area (Å²) in [6.45, 7) is 0. The lowest BCUT2D eigenvalue weighted by Crippen LogP contribution is -1.89. The SMILES string of the molecule is O=P(O)(O)Oc1ccc(N=Nc2ccccc2-c2ccc3ccccc3c2)cc1. The molecule has 6 nitrogen and oxygen atoms in total. The van der Waals surface area contributed by atoms with Gasteiger partial charge in [-0.05, 0) is 52.7 Å². The summed E-state index contributed by atoms with van der Waals surface area (Å²) in [4.78, 5) is 17.7. The van der Waals surface area contributed by atoms with E-state index in [0.717, 1.165) is 22.2 Å². The van der Waals surface area contributed by atoms with Crippen LogP contribution >= 0.6 is 7.82 Å². The van der Waals surface area contributed by atoms with Crippen molar-refractivity contribution in [2.45, 2.75) is 0 Å². The van der Waals surface area contributed by atoms with Crippen molar-refractivity contribution in [3.05, 3.63) is 91.0 Å². The number of nitrogens with zero attached hydrogens (tertiary/aromatic N) is 2. The first-order chi connectivity index (χ1) is 14.0. The van der Waals surface area contributed by atoms with Gasteiger partial charge in [0.2, 0.25) is 0 Å². The first-order valence-electron chi connectivity index (χ1n) is 8.83. The number of benzene rings is 4. The Morgan fingerprint density at radius 2 is 1.41 bits per heavy atom. The Labute approximate surface area is 167 Å². The van der Waals surface area contributed by atoms with Crippen molar-refractivity contribution in [1.82, 2.24) is 0 Å². The van der Waals surface area contributed by atoms with Crippen molar-refractivity contribution < 1.29 is 18.9 Å². The standard InChI is InChI=1S/C22H17N2O4P/c25-29(26,27)28-20-13-11-19(12-14-20)23-24-22-8-4-3-7-21(22)18-10-9-16-5-1-2-6-17(16)15-18/h1-15H,(H2,25,26,27). The third-order valence-electron chi connectivity index (χ3n) is 4.30. The molecule has 7 heteroatoms. The molecule has 2 N–H and O–H groups in total. The topological polar surface area (TPSA) is 91.5 Å². The summed E-state index contributed by atoms with van der Waals surface area (Å²) in [6, 6.07) is 28.2. The van der Waals surface area contributed by atoms with E-state index in [1.165, 1.54) is 17.5 Å². The Morgan fingerprint density at radius 1 is 0.724 bits per heavy atom. The maximum atomic E-state index is 10.9. The third kappa shape index (κ3) is 4.76. The molecule has 0 fully saturated rings. The number of rotatable bonds is 5. The maximum absolute atomic E-state index is 10.9. The van der Waals surface area contributed by atoms with Gasteiger partial charge in [0, 0.05) is 5.56 Å². The molecular weight excluding hydrogens is 387 g/mol. The highest BCUT2D eigenvalue weighted by Gasteiger charge is 2.15. The van der Waals surface area contributed by atoms with Crippen molar-refractivity contribution in [3.8, 4) is 16.9 Å². The molecule has 0 saturated heterocycles. The highest BCUT2D eigenvalue weighted by atomic mass is 31.2. The predicted molar refractivity (Wildman–Crippen MR) is 113 cm³/mol. The minimum atomic E-state index is -4.58. The Morgan fingerprint density at radius 3 is 2.17 bits per heavy atom. The van der Waals surface area contributed by atoms with E-state index in [-0.39, 0.29) is 5.75 Å². The van der Waals surface area contributed by atoms with Gasteiger partial charge in [0.15, 0.2) is 0 Å². The van der Waals surface area contributed by atoms with Gasteiger partial charge in [-0.3, -0.25) is 9.79 Å². The van der Waals surface area contributed by atoms with Crippen molar-refractivity contribution in [1.29, 1.82) is 0 Å². The minimum absolute atomic E-state index is 0.0637. The summed E-state index contributed by atoms with van der Waals surface area (Å²) in [5, 5.41) is 10.9. The van der Waals surface area contributed by atoms with Crippen LogP contribution in [0.4, 0.5) is 11.4 Å². The molecule has 0 aliphatic rings. The molecule has 0 aliphatic carbocycles. The van der Waals surface area contributed by atoms with E-state index in [4.69, 9.17) is 9.79 Å². The summed E-state index contributed by atoms with van der Waals surface area (Å²) in [5.74, 6) is 0.0637. The normalized spacial score (nSPS) is 11.8. The highest BCUT2D eigenvalue weighted by molar-refractivity contribution is 7.46. The summed E-state index contributed by atoms with van der Waals surface area (Å²) in [6.07, 6.45) is 0. The fraction of sp³-hybridized carbons (Fsp3) is 0. The van der Waals surface area contributed by atoms with Crippen LogP contribution in [0.25, 0.3) is 21.9 Å². The van der Waals surface area contributed by atoms with Crippen LogP contribution in [-0.4, -0.2) is 9.79 Å². The summed E-state index contributed by atoms with van der Waals surface area (Å²) < 4.78 is 15.4. The Bertz CT molecular complexity index is 1230. The Kier molecular flexibility index (Phi) is 5.23. The van der Waals surface area contributed by atoms with E-state index >= 15 is 0 Å². The van der Waals surface area contributed by atoms with E-state index < -0.39 is 7.82 Å². The zero-order chi connectivity index (χ0) is 20.3. The van der Waals surface area contributed by atoms with E-state index in [0.29, 0.717) is 5.69 Å². The van der Waals surface area contributed by atoms with Gasteiger partial charge in [-0.25, -0.2) is 4.57 Å². The number of fused-ring (bicyclic) bond motifs is 1. The fourth-order valence-corrected chi connectivity index (χ4v) is 3.38. The molecule has 0 aliphatic heterocycles. The summed E-state index contributed by atoms with van der Waals surface area (Å²) >= 11 is 0. The Hall–Kier alpha value is -3.31. The van der Waals surface area contributed by atoms with Gasteiger partial charge in [0.1, 0.15) is 5.75 Å². The van der Waals surface area contributed by atoms with Crippen LogP contribution in [0.5, 0.6) is 5.75 Å². The summed E-state index contributed by atoms with van der Waals surface area (Å²) in [5.41, 5.74) is 3.27. The van der Waals surface area contributed by atoms with E-state index in [9.17, 15) is 4.57 Å². The monoisotopic (exact) mass is 404 g/mol. The van der Waals surface area contributed by atoms with Crippen LogP contribution < -0.4 is 4.52 Å². The number of phosphoric ester groups is 1. The van der Waals surface area contributed by atoms with Crippen molar-refractivity contribution in [2.75, 3.05) is 0 Å². The van der Waals surface area contributed by atoms with Crippen molar-refractivity contribution >= 4 is 30.0 Å². The van der Waals surface area contributed by atoms with E-state index in [1.54, 1.807) is 12.1 Å². The van der Waals surface area contributed by atoms with Crippen LogP contribution in [0.1, 0.15) is 0 Å². The second-order valence-corrected chi connectivity index (χ2v) is 7.52. The van der Waals surface area contributed by atoms with Gasteiger partial charge < -0.3 is 4.52 Å². The van der Waals surface area contributed by atoms with Gasteiger partial charge in [-0.15, -0.1) is 5.11 Å². The molecule has 144 valence electrons. The number of hydrogen-bond acceptors (Lipinski definition) is 4. The maximum Gasteiger partial charge on any atom is 0.524 e. The van der Waals surface area contributed by atoms with Crippen LogP contribution in [-0.2, 0) is 4.57 Å². The van der Waals surface area contributed by atoms with Crippen LogP contribution in [0.15, 0.2) is 101 Å². The third-order valence-corrected chi connectivity index (χ3v) is 4.75. The van der Waals surface area contributed by atoms with Crippen LogP contribution in [0, 0.1) is 0 Å². The average molecular weight is 404 g/mol. The number of phosphoric acid groups is 1. The van der Waals surface area contributed by atoms with Gasteiger partial charge in [-0.1, -0.05) is 54.6 Å². The molecule has 0 radical (unpaired) electrons. The second kappa shape index (κ2) is 7.97. The average Bonchev–Trinajstić information content (AvgIpc) is 2.72. The molecule has 4 rings (SSSR count). The summed E-state index contributed by atoms with van der Waals surface area (Å²) in [7, 11) is -4.58. The zero-order valence-electron chi connectivity index (χ0n) is 15.2. The molecule has 0 atom stereocenters. The smallest absolute Gasteiger partial charge is 0.404 e. The lowest BCUT2D eigenvalue weighted by Gasteiger charge is -2.07. The van der Waals surface area contributed by atoms with E-state index in [2.05, 4.69) is 45.1 Å². The largest absolute Gasteiger partial charge is 0.524 e. The molecule has 0 amide bonds. The predicted octanol–water partition coefficient (Wildman–Crippen LogP) is 6.39.